The maximum Gasteiger partial charge on any atom is 0.176 e. The smallest absolute Gasteiger partial charge is 0.176 e. The van der Waals surface area contributed by atoms with Crippen molar-refractivity contribution in [1.82, 2.24) is 4.90 Å². The first-order valence-corrected chi connectivity index (χ1v) is 9.94. The van der Waals surface area contributed by atoms with E-state index in [4.69, 9.17) is 0 Å². The van der Waals surface area contributed by atoms with Crippen molar-refractivity contribution in [2.45, 2.75) is 19.2 Å². The Hall–Kier alpha value is -0.850. The topological polar surface area (TPSA) is 54.5 Å². The monoisotopic (exact) mass is 327 g/mol. The minimum atomic E-state index is -3.15. The van der Waals surface area contributed by atoms with Crippen molar-refractivity contribution >= 4 is 27.4 Å². The van der Waals surface area contributed by atoms with E-state index in [1.165, 1.54) is 0 Å². The lowest BCUT2D eigenvalue weighted by molar-refractivity contribution is 0.0928. The average Bonchev–Trinajstić information content (AvgIpc) is 2.48. The SMILES string of the molecule is CCS(=O)(=O)C1CSCCN1CC(=O)c1ccc(C)cc1. The van der Waals surface area contributed by atoms with Gasteiger partial charge in [0, 0.05) is 29.4 Å². The van der Waals surface area contributed by atoms with E-state index >= 15 is 0 Å². The number of sulfone groups is 1. The van der Waals surface area contributed by atoms with Gasteiger partial charge in [0.2, 0.25) is 0 Å². The van der Waals surface area contributed by atoms with Crippen LogP contribution in [0.5, 0.6) is 0 Å². The fraction of sp³-hybridized carbons (Fsp3) is 0.533. The van der Waals surface area contributed by atoms with Gasteiger partial charge in [-0.2, -0.15) is 11.8 Å². The van der Waals surface area contributed by atoms with Crippen molar-refractivity contribution < 1.29 is 13.2 Å². The standard InChI is InChI=1S/C15H21NO3S2/c1-3-21(18,19)15-11-20-9-8-16(15)10-14(17)13-6-4-12(2)5-7-13/h4-7,15H,3,8-11H2,1-2H3. The Balaban J connectivity index is 2.12. The zero-order valence-corrected chi connectivity index (χ0v) is 14.0. The molecule has 21 heavy (non-hydrogen) atoms. The van der Waals surface area contributed by atoms with Gasteiger partial charge >= 0.3 is 0 Å². The molecule has 0 saturated carbocycles. The number of rotatable bonds is 5. The second-order valence-corrected chi connectivity index (χ2v) is 8.84. The summed E-state index contributed by atoms with van der Waals surface area (Å²) in [6.45, 7) is 4.45. The zero-order valence-electron chi connectivity index (χ0n) is 12.4. The summed E-state index contributed by atoms with van der Waals surface area (Å²) in [5.41, 5.74) is 1.75. The summed E-state index contributed by atoms with van der Waals surface area (Å²) in [7, 11) is -3.15. The number of Topliss-reactive ketones (excluding diaryl/α,β-unsaturated/α-hetero) is 1. The summed E-state index contributed by atoms with van der Waals surface area (Å²) < 4.78 is 24.3. The van der Waals surface area contributed by atoms with Gasteiger partial charge in [-0.3, -0.25) is 9.69 Å². The van der Waals surface area contributed by atoms with E-state index < -0.39 is 15.2 Å². The highest BCUT2D eigenvalue weighted by Crippen LogP contribution is 2.21. The third-order valence-electron chi connectivity index (χ3n) is 3.73. The number of ketones is 1. The lowest BCUT2D eigenvalue weighted by atomic mass is 10.1. The van der Waals surface area contributed by atoms with Crippen LogP contribution in [0.2, 0.25) is 0 Å². The van der Waals surface area contributed by atoms with Gasteiger partial charge in [-0.15, -0.1) is 0 Å². The summed E-state index contributed by atoms with van der Waals surface area (Å²) in [6, 6.07) is 7.42. The van der Waals surface area contributed by atoms with E-state index in [-0.39, 0.29) is 18.1 Å². The molecule has 0 radical (unpaired) electrons. The molecule has 1 aromatic carbocycles. The molecule has 0 aromatic heterocycles. The third-order valence-corrected chi connectivity index (χ3v) is 7.06. The second-order valence-electron chi connectivity index (χ2n) is 5.24. The van der Waals surface area contributed by atoms with E-state index in [1.807, 2.05) is 24.0 Å². The molecule has 1 heterocycles. The molecule has 0 N–H and O–H groups in total. The predicted molar refractivity (Wildman–Crippen MR) is 87.7 cm³/mol. The summed E-state index contributed by atoms with van der Waals surface area (Å²) in [5, 5.41) is -0.532. The molecule has 1 saturated heterocycles. The van der Waals surface area contributed by atoms with Crippen LogP contribution in [0.25, 0.3) is 0 Å². The Morgan fingerprint density at radius 2 is 2.00 bits per heavy atom. The minimum Gasteiger partial charge on any atom is -0.293 e. The van der Waals surface area contributed by atoms with Crippen molar-refractivity contribution in [3.05, 3.63) is 35.4 Å². The highest BCUT2D eigenvalue weighted by molar-refractivity contribution is 8.01. The molecule has 1 aromatic rings. The van der Waals surface area contributed by atoms with Crippen molar-refractivity contribution in [3.8, 4) is 0 Å². The van der Waals surface area contributed by atoms with Crippen LogP contribution in [0, 0.1) is 6.92 Å². The molecule has 2 rings (SSSR count). The number of hydrogen-bond acceptors (Lipinski definition) is 5. The Labute approximate surface area is 130 Å². The molecule has 116 valence electrons. The quantitative estimate of drug-likeness (QED) is 0.774. The van der Waals surface area contributed by atoms with Gasteiger partial charge in [-0.05, 0) is 6.92 Å². The number of hydrogen-bond donors (Lipinski definition) is 0. The number of aryl methyl sites for hydroxylation is 1. The fourth-order valence-corrected chi connectivity index (χ4v) is 5.41. The second kappa shape index (κ2) is 6.94. The largest absolute Gasteiger partial charge is 0.293 e. The first-order chi connectivity index (χ1) is 9.94. The van der Waals surface area contributed by atoms with Crippen LogP contribution in [0.4, 0.5) is 0 Å². The minimum absolute atomic E-state index is 0.0156. The van der Waals surface area contributed by atoms with Gasteiger partial charge in [-0.1, -0.05) is 36.8 Å². The highest BCUT2D eigenvalue weighted by atomic mass is 32.2. The Bertz CT molecular complexity index is 596. The van der Waals surface area contributed by atoms with Crippen LogP contribution in [-0.4, -0.2) is 54.8 Å². The molecule has 1 fully saturated rings. The Morgan fingerprint density at radius 3 is 2.62 bits per heavy atom. The van der Waals surface area contributed by atoms with Crippen molar-refractivity contribution in [3.63, 3.8) is 0 Å². The summed E-state index contributed by atoms with van der Waals surface area (Å²) >= 11 is 1.64. The van der Waals surface area contributed by atoms with E-state index in [0.29, 0.717) is 17.9 Å². The molecular formula is C15H21NO3S2. The van der Waals surface area contributed by atoms with Crippen LogP contribution in [-0.2, 0) is 9.84 Å². The van der Waals surface area contributed by atoms with Crippen LogP contribution < -0.4 is 0 Å². The van der Waals surface area contributed by atoms with Crippen molar-refractivity contribution in [1.29, 1.82) is 0 Å². The van der Waals surface area contributed by atoms with Crippen molar-refractivity contribution in [2.24, 2.45) is 0 Å². The van der Waals surface area contributed by atoms with E-state index in [2.05, 4.69) is 0 Å². The molecule has 1 unspecified atom stereocenters. The van der Waals surface area contributed by atoms with Gasteiger partial charge in [0.15, 0.2) is 15.6 Å². The molecule has 0 bridgehead atoms. The predicted octanol–water partition coefficient (Wildman–Crippen LogP) is 1.99. The third kappa shape index (κ3) is 4.08. The Kier molecular flexibility index (Phi) is 5.46. The lowest BCUT2D eigenvalue weighted by Gasteiger charge is -2.34. The van der Waals surface area contributed by atoms with Gasteiger partial charge < -0.3 is 0 Å². The molecule has 0 spiro atoms. The summed E-state index contributed by atoms with van der Waals surface area (Å²) in [5.74, 6) is 1.53. The average molecular weight is 327 g/mol. The first-order valence-electron chi connectivity index (χ1n) is 7.07. The molecule has 1 aliphatic rings. The molecule has 0 amide bonds. The van der Waals surface area contributed by atoms with E-state index in [1.54, 1.807) is 30.8 Å². The lowest BCUT2D eigenvalue weighted by Crippen LogP contribution is -2.49. The fourth-order valence-electron chi connectivity index (χ4n) is 2.33. The normalized spacial score (nSPS) is 20.4. The molecule has 1 atom stereocenters. The Morgan fingerprint density at radius 1 is 1.33 bits per heavy atom. The maximum absolute atomic E-state index is 12.3. The summed E-state index contributed by atoms with van der Waals surface area (Å²) in [4.78, 5) is 14.2. The number of nitrogens with zero attached hydrogens (tertiary/aromatic N) is 1. The van der Waals surface area contributed by atoms with Gasteiger partial charge in [0.05, 0.1) is 6.54 Å². The number of carbonyl (C=O) groups is 1. The van der Waals surface area contributed by atoms with Crippen LogP contribution in [0.1, 0.15) is 22.8 Å². The first kappa shape index (κ1) is 16.5. The molecule has 6 heteroatoms. The van der Waals surface area contributed by atoms with Crippen LogP contribution in [0.15, 0.2) is 24.3 Å². The number of thioether (sulfide) groups is 1. The number of carbonyl (C=O) groups excluding carboxylic acids is 1. The van der Waals surface area contributed by atoms with Gasteiger partial charge in [0.25, 0.3) is 0 Å². The van der Waals surface area contributed by atoms with E-state index in [9.17, 15) is 13.2 Å². The molecule has 4 nitrogen and oxygen atoms in total. The molecular weight excluding hydrogens is 306 g/mol. The van der Waals surface area contributed by atoms with Crippen LogP contribution in [0.3, 0.4) is 0 Å². The maximum atomic E-state index is 12.3. The highest BCUT2D eigenvalue weighted by Gasteiger charge is 2.33. The molecule has 0 aliphatic carbocycles. The van der Waals surface area contributed by atoms with Gasteiger partial charge in [0.1, 0.15) is 5.37 Å². The molecule has 1 aliphatic heterocycles. The van der Waals surface area contributed by atoms with Gasteiger partial charge in [-0.25, -0.2) is 8.42 Å². The summed E-state index contributed by atoms with van der Waals surface area (Å²) in [6.07, 6.45) is 0. The zero-order chi connectivity index (χ0) is 15.5. The van der Waals surface area contributed by atoms with E-state index in [0.717, 1.165) is 11.3 Å². The number of benzene rings is 1. The van der Waals surface area contributed by atoms with Crippen molar-refractivity contribution in [2.75, 3.05) is 30.3 Å². The van der Waals surface area contributed by atoms with Crippen LogP contribution >= 0.6 is 11.8 Å².